The van der Waals surface area contributed by atoms with Gasteiger partial charge in [-0.3, -0.25) is 4.79 Å². The Hall–Kier alpha value is -1.61. The molecule has 1 aromatic carbocycles. The van der Waals surface area contributed by atoms with Crippen molar-refractivity contribution in [1.82, 2.24) is 10.3 Å². The second-order valence-electron chi connectivity index (χ2n) is 6.12. The van der Waals surface area contributed by atoms with Crippen LogP contribution in [-0.2, 0) is 11.2 Å². The van der Waals surface area contributed by atoms with Crippen LogP contribution in [0.3, 0.4) is 0 Å². The molecule has 0 radical (unpaired) electrons. The van der Waals surface area contributed by atoms with Gasteiger partial charge in [-0.2, -0.15) is 0 Å². The molecule has 0 fully saturated rings. The Morgan fingerprint density at radius 2 is 2.00 bits per heavy atom. The van der Waals surface area contributed by atoms with Gasteiger partial charge in [0.1, 0.15) is 5.78 Å². The van der Waals surface area contributed by atoms with Crippen molar-refractivity contribution in [3.05, 3.63) is 36.0 Å². The lowest BCUT2D eigenvalue weighted by Gasteiger charge is -2.27. The molecule has 0 saturated carbocycles. The highest BCUT2D eigenvalue weighted by molar-refractivity contribution is 5.86. The summed E-state index contributed by atoms with van der Waals surface area (Å²) < 4.78 is 0. The third kappa shape index (κ3) is 3.44. The quantitative estimate of drug-likeness (QED) is 0.885. The van der Waals surface area contributed by atoms with Crippen LogP contribution in [0.4, 0.5) is 0 Å². The van der Waals surface area contributed by atoms with Crippen LogP contribution in [0.1, 0.15) is 33.3 Å². The number of rotatable bonds is 4. The van der Waals surface area contributed by atoms with Crippen LogP contribution in [0.15, 0.2) is 30.5 Å². The smallest absolute Gasteiger partial charge is 0.147 e. The van der Waals surface area contributed by atoms with E-state index in [1.165, 1.54) is 10.9 Å². The molecule has 102 valence electrons. The first-order valence-electron chi connectivity index (χ1n) is 6.70. The van der Waals surface area contributed by atoms with E-state index in [2.05, 4.69) is 43.2 Å². The third-order valence-corrected chi connectivity index (χ3v) is 3.20. The standard InChI is InChI=1S/C16H22N2O/c1-11(19)15(18-16(2,3)4)9-12-10-17-14-8-6-5-7-13(12)14/h5-8,10,15,17-18H,9H2,1-4H3. The van der Waals surface area contributed by atoms with E-state index < -0.39 is 0 Å². The third-order valence-electron chi connectivity index (χ3n) is 3.20. The first-order valence-corrected chi connectivity index (χ1v) is 6.70. The molecule has 1 heterocycles. The minimum Gasteiger partial charge on any atom is -0.361 e. The fourth-order valence-corrected chi connectivity index (χ4v) is 2.34. The van der Waals surface area contributed by atoms with Crippen molar-refractivity contribution in [2.45, 2.75) is 45.7 Å². The van der Waals surface area contributed by atoms with Gasteiger partial charge >= 0.3 is 0 Å². The number of carbonyl (C=O) groups excluding carboxylic acids is 1. The molecule has 0 spiro atoms. The number of ketones is 1. The fourth-order valence-electron chi connectivity index (χ4n) is 2.34. The number of carbonyl (C=O) groups is 1. The number of hydrogen-bond acceptors (Lipinski definition) is 2. The predicted octanol–water partition coefficient (Wildman–Crippen LogP) is 3.06. The van der Waals surface area contributed by atoms with Gasteiger partial charge in [0.2, 0.25) is 0 Å². The number of aromatic amines is 1. The van der Waals surface area contributed by atoms with Crippen molar-refractivity contribution in [3.63, 3.8) is 0 Å². The van der Waals surface area contributed by atoms with Crippen molar-refractivity contribution in [3.8, 4) is 0 Å². The van der Waals surface area contributed by atoms with Gasteiger partial charge in [-0.05, 0) is 45.7 Å². The number of benzene rings is 1. The van der Waals surface area contributed by atoms with Crippen LogP contribution < -0.4 is 5.32 Å². The van der Waals surface area contributed by atoms with E-state index in [0.717, 1.165) is 11.9 Å². The predicted molar refractivity (Wildman–Crippen MR) is 79.4 cm³/mol. The van der Waals surface area contributed by atoms with E-state index in [1.54, 1.807) is 6.92 Å². The number of fused-ring (bicyclic) bond motifs is 1. The first kappa shape index (κ1) is 13.8. The zero-order valence-electron chi connectivity index (χ0n) is 12.1. The van der Waals surface area contributed by atoms with Gasteiger partial charge in [0.15, 0.2) is 0 Å². The number of H-pyrrole nitrogens is 1. The Morgan fingerprint density at radius 1 is 1.32 bits per heavy atom. The molecule has 1 atom stereocenters. The molecule has 2 N–H and O–H groups in total. The lowest BCUT2D eigenvalue weighted by Crippen LogP contribution is -2.48. The molecule has 3 heteroatoms. The van der Waals surface area contributed by atoms with Crippen molar-refractivity contribution < 1.29 is 4.79 Å². The van der Waals surface area contributed by atoms with Gasteiger partial charge in [-0.15, -0.1) is 0 Å². The van der Waals surface area contributed by atoms with E-state index in [9.17, 15) is 4.79 Å². The molecular weight excluding hydrogens is 236 g/mol. The summed E-state index contributed by atoms with van der Waals surface area (Å²) >= 11 is 0. The number of para-hydroxylation sites is 1. The first-order chi connectivity index (χ1) is 8.87. The lowest BCUT2D eigenvalue weighted by atomic mass is 9.99. The largest absolute Gasteiger partial charge is 0.361 e. The van der Waals surface area contributed by atoms with Crippen LogP contribution in [0, 0.1) is 0 Å². The second kappa shape index (κ2) is 5.17. The molecule has 1 aromatic heterocycles. The molecule has 0 aliphatic carbocycles. The average Bonchev–Trinajstić information content (AvgIpc) is 2.70. The molecule has 19 heavy (non-hydrogen) atoms. The van der Waals surface area contributed by atoms with E-state index in [1.807, 2.05) is 18.3 Å². The zero-order valence-corrected chi connectivity index (χ0v) is 12.1. The van der Waals surface area contributed by atoms with Crippen LogP contribution in [0.25, 0.3) is 10.9 Å². The number of hydrogen-bond donors (Lipinski definition) is 2. The van der Waals surface area contributed by atoms with Crippen LogP contribution in [-0.4, -0.2) is 22.3 Å². The van der Waals surface area contributed by atoms with E-state index >= 15 is 0 Å². The van der Waals surface area contributed by atoms with Crippen LogP contribution in [0.5, 0.6) is 0 Å². The molecule has 0 saturated heterocycles. The summed E-state index contributed by atoms with van der Waals surface area (Å²) in [7, 11) is 0. The minimum atomic E-state index is -0.140. The van der Waals surface area contributed by atoms with Gasteiger partial charge < -0.3 is 10.3 Å². The van der Waals surface area contributed by atoms with Crippen molar-refractivity contribution in [2.24, 2.45) is 0 Å². The summed E-state index contributed by atoms with van der Waals surface area (Å²) in [5.74, 6) is 0.181. The van der Waals surface area contributed by atoms with Crippen LogP contribution in [0.2, 0.25) is 0 Å². The highest BCUT2D eigenvalue weighted by atomic mass is 16.1. The molecule has 0 bridgehead atoms. The summed E-state index contributed by atoms with van der Waals surface area (Å²) in [6.45, 7) is 7.90. The highest BCUT2D eigenvalue weighted by Crippen LogP contribution is 2.20. The topological polar surface area (TPSA) is 44.9 Å². The average molecular weight is 258 g/mol. The van der Waals surface area contributed by atoms with Gasteiger partial charge in [0, 0.05) is 22.6 Å². The van der Waals surface area contributed by atoms with Gasteiger partial charge in [0.05, 0.1) is 6.04 Å². The molecule has 3 nitrogen and oxygen atoms in total. The molecule has 0 aliphatic heterocycles. The Morgan fingerprint density at radius 3 is 2.63 bits per heavy atom. The van der Waals surface area contributed by atoms with E-state index in [-0.39, 0.29) is 17.4 Å². The number of Topliss-reactive ketones (excluding diaryl/α,β-unsaturated/α-hetero) is 1. The Bertz CT molecular complexity index is 578. The SMILES string of the molecule is CC(=O)C(Cc1c[nH]c2ccccc12)NC(C)(C)C. The lowest BCUT2D eigenvalue weighted by molar-refractivity contribution is -0.119. The van der Waals surface area contributed by atoms with Crippen LogP contribution >= 0.6 is 0 Å². The molecule has 0 aliphatic rings. The molecule has 2 rings (SSSR count). The summed E-state index contributed by atoms with van der Waals surface area (Å²) in [4.78, 5) is 15.1. The molecule has 0 amide bonds. The fraction of sp³-hybridized carbons (Fsp3) is 0.438. The van der Waals surface area contributed by atoms with Crippen molar-refractivity contribution in [1.29, 1.82) is 0 Å². The number of aromatic nitrogens is 1. The number of nitrogens with one attached hydrogen (secondary N) is 2. The summed E-state index contributed by atoms with van der Waals surface area (Å²) in [6, 6.07) is 8.05. The Kier molecular flexibility index (Phi) is 3.76. The molecule has 2 aromatic rings. The van der Waals surface area contributed by atoms with Gasteiger partial charge in [-0.25, -0.2) is 0 Å². The summed E-state index contributed by atoms with van der Waals surface area (Å²) in [5.41, 5.74) is 2.24. The maximum Gasteiger partial charge on any atom is 0.147 e. The highest BCUT2D eigenvalue weighted by Gasteiger charge is 2.22. The van der Waals surface area contributed by atoms with E-state index in [4.69, 9.17) is 0 Å². The van der Waals surface area contributed by atoms with Crippen molar-refractivity contribution >= 4 is 16.7 Å². The molecule has 1 unspecified atom stereocenters. The van der Waals surface area contributed by atoms with E-state index in [0.29, 0.717) is 0 Å². The van der Waals surface area contributed by atoms with Gasteiger partial charge in [0.25, 0.3) is 0 Å². The second-order valence-corrected chi connectivity index (χ2v) is 6.12. The zero-order chi connectivity index (χ0) is 14.0. The minimum absolute atomic E-state index is 0.0670. The monoisotopic (exact) mass is 258 g/mol. The normalized spacial score (nSPS) is 13.7. The summed E-state index contributed by atoms with van der Waals surface area (Å²) in [6.07, 6.45) is 2.72. The molecular formula is C16H22N2O. The Labute approximate surface area is 114 Å². The summed E-state index contributed by atoms with van der Waals surface area (Å²) in [5, 5.41) is 4.59. The maximum atomic E-state index is 11.8. The maximum absolute atomic E-state index is 11.8. The van der Waals surface area contributed by atoms with Gasteiger partial charge in [-0.1, -0.05) is 18.2 Å². The Balaban J connectivity index is 2.24. The van der Waals surface area contributed by atoms with Crippen molar-refractivity contribution in [2.75, 3.05) is 0 Å².